The standard InChI is InChI=1S/C19H33N.ClH/c1-20-18-14-9-7-5-3-2-4-6-8-11-15-19-16-12-10-13-17-19;/h10,12-13,16-17,20H,2-9,11,14-15,18H2,1H3;1H. The highest BCUT2D eigenvalue weighted by Crippen LogP contribution is 2.12. The van der Waals surface area contributed by atoms with Gasteiger partial charge in [0.1, 0.15) is 0 Å². The topological polar surface area (TPSA) is 12.0 Å². The second-order valence-electron chi connectivity index (χ2n) is 5.87. The van der Waals surface area contributed by atoms with E-state index in [9.17, 15) is 0 Å². The largest absolute Gasteiger partial charge is 0.320 e. The first-order valence-corrected chi connectivity index (χ1v) is 8.62. The Labute approximate surface area is 138 Å². The van der Waals surface area contributed by atoms with Crippen molar-refractivity contribution in [2.24, 2.45) is 0 Å². The van der Waals surface area contributed by atoms with Gasteiger partial charge in [0.25, 0.3) is 0 Å². The molecule has 0 atom stereocenters. The molecule has 0 unspecified atom stereocenters. The molecular weight excluding hydrogens is 278 g/mol. The van der Waals surface area contributed by atoms with E-state index < -0.39 is 0 Å². The average Bonchev–Trinajstić information content (AvgIpc) is 2.49. The molecule has 1 aromatic rings. The van der Waals surface area contributed by atoms with E-state index >= 15 is 0 Å². The molecule has 0 aliphatic rings. The Morgan fingerprint density at radius 3 is 1.67 bits per heavy atom. The summed E-state index contributed by atoms with van der Waals surface area (Å²) in [6.45, 7) is 1.18. The molecule has 0 saturated heterocycles. The summed E-state index contributed by atoms with van der Waals surface area (Å²) in [5.74, 6) is 0. The van der Waals surface area contributed by atoms with Crippen molar-refractivity contribution in [1.82, 2.24) is 5.32 Å². The van der Waals surface area contributed by atoms with Gasteiger partial charge in [-0.25, -0.2) is 0 Å². The van der Waals surface area contributed by atoms with E-state index in [1.54, 1.807) is 0 Å². The van der Waals surface area contributed by atoms with Gasteiger partial charge in [0.15, 0.2) is 0 Å². The van der Waals surface area contributed by atoms with Crippen molar-refractivity contribution in [3.05, 3.63) is 35.9 Å². The van der Waals surface area contributed by atoms with Crippen molar-refractivity contribution in [1.29, 1.82) is 0 Å². The summed E-state index contributed by atoms with van der Waals surface area (Å²) < 4.78 is 0. The molecule has 2 heteroatoms. The SMILES string of the molecule is CNCCCCCCCCCCCCc1ccccc1.Cl. The maximum absolute atomic E-state index is 3.21. The average molecular weight is 312 g/mol. The number of halogens is 1. The van der Waals surface area contributed by atoms with E-state index in [0.29, 0.717) is 0 Å². The monoisotopic (exact) mass is 311 g/mol. The highest BCUT2D eigenvalue weighted by atomic mass is 35.5. The summed E-state index contributed by atoms with van der Waals surface area (Å²) in [7, 11) is 2.04. The predicted molar refractivity (Wildman–Crippen MR) is 97.5 cm³/mol. The molecule has 0 heterocycles. The first-order valence-electron chi connectivity index (χ1n) is 8.62. The molecule has 1 nitrogen and oxygen atoms in total. The van der Waals surface area contributed by atoms with E-state index in [-0.39, 0.29) is 12.4 Å². The molecule has 0 bridgehead atoms. The lowest BCUT2D eigenvalue weighted by atomic mass is 10.0. The van der Waals surface area contributed by atoms with Crippen LogP contribution in [0.3, 0.4) is 0 Å². The Morgan fingerprint density at radius 1 is 0.667 bits per heavy atom. The lowest BCUT2D eigenvalue weighted by Gasteiger charge is -2.03. The van der Waals surface area contributed by atoms with E-state index in [4.69, 9.17) is 0 Å². The number of aryl methyl sites for hydroxylation is 1. The minimum Gasteiger partial charge on any atom is -0.320 e. The molecule has 0 spiro atoms. The highest BCUT2D eigenvalue weighted by Gasteiger charge is 1.94. The fourth-order valence-electron chi connectivity index (χ4n) is 2.69. The quantitative estimate of drug-likeness (QED) is 0.456. The van der Waals surface area contributed by atoms with Crippen LogP contribution in [0.25, 0.3) is 0 Å². The maximum atomic E-state index is 3.21. The first kappa shape index (κ1) is 20.5. The van der Waals surface area contributed by atoms with Crippen LogP contribution in [0.1, 0.15) is 69.8 Å². The Morgan fingerprint density at radius 2 is 1.14 bits per heavy atom. The molecule has 0 aliphatic heterocycles. The lowest BCUT2D eigenvalue weighted by molar-refractivity contribution is 0.547. The van der Waals surface area contributed by atoms with Gasteiger partial charge in [-0.3, -0.25) is 0 Å². The molecule has 0 radical (unpaired) electrons. The van der Waals surface area contributed by atoms with Crippen LogP contribution in [0.2, 0.25) is 0 Å². The first-order chi connectivity index (χ1) is 9.93. The van der Waals surface area contributed by atoms with Crippen molar-refractivity contribution < 1.29 is 0 Å². The third-order valence-corrected chi connectivity index (χ3v) is 3.99. The Bertz CT molecular complexity index is 300. The normalized spacial score (nSPS) is 10.3. The van der Waals surface area contributed by atoms with Gasteiger partial charge >= 0.3 is 0 Å². The van der Waals surface area contributed by atoms with Crippen LogP contribution < -0.4 is 5.32 Å². The van der Waals surface area contributed by atoms with Gasteiger partial charge < -0.3 is 5.32 Å². The molecular formula is C19H34ClN. The third kappa shape index (κ3) is 12.9. The third-order valence-electron chi connectivity index (χ3n) is 3.99. The van der Waals surface area contributed by atoms with Crippen LogP contribution in [0.5, 0.6) is 0 Å². The molecule has 0 saturated carbocycles. The van der Waals surface area contributed by atoms with Gasteiger partial charge in [0.2, 0.25) is 0 Å². The minimum atomic E-state index is 0. The summed E-state index contributed by atoms with van der Waals surface area (Å²) in [4.78, 5) is 0. The maximum Gasteiger partial charge on any atom is -0.00519 e. The van der Waals surface area contributed by atoms with Gasteiger partial charge in [-0.05, 0) is 38.4 Å². The van der Waals surface area contributed by atoms with E-state index in [1.807, 2.05) is 7.05 Å². The second-order valence-corrected chi connectivity index (χ2v) is 5.87. The molecule has 21 heavy (non-hydrogen) atoms. The lowest BCUT2D eigenvalue weighted by Crippen LogP contribution is -2.06. The zero-order valence-corrected chi connectivity index (χ0v) is 14.6. The number of benzene rings is 1. The Kier molecular flexibility index (Phi) is 15.5. The van der Waals surface area contributed by atoms with Crippen LogP contribution in [-0.4, -0.2) is 13.6 Å². The number of hydrogen-bond donors (Lipinski definition) is 1. The van der Waals surface area contributed by atoms with Crippen molar-refractivity contribution in [2.75, 3.05) is 13.6 Å². The molecule has 1 N–H and O–H groups in total. The fourth-order valence-corrected chi connectivity index (χ4v) is 2.69. The summed E-state index contributed by atoms with van der Waals surface area (Å²) in [6, 6.07) is 10.9. The molecule has 0 aromatic heterocycles. The van der Waals surface area contributed by atoms with Crippen molar-refractivity contribution >= 4 is 12.4 Å². The molecule has 0 amide bonds. The summed E-state index contributed by atoms with van der Waals surface area (Å²) in [5, 5.41) is 3.21. The van der Waals surface area contributed by atoms with Gasteiger partial charge in [0, 0.05) is 0 Å². The highest BCUT2D eigenvalue weighted by molar-refractivity contribution is 5.85. The number of hydrogen-bond acceptors (Lipinski definition) is 1. The molecule has 0 fully saturated rings. The second kappa shape index (κ2) is 15.9. The van der Waals surface area contributed by atoms with Gasteiger partial charge in [-0.1, -0.05) is 81.7 Å². The van der Waals surface area contributed by atoms with Crippen molar-refractivity contribution in [3.63, 3.8) is 0 Å². The van der Waals surface area contributed by atoms with E-state index in [2.05, 4.69) is 35.6 Å². The van der Waals surface area contributed by atoms with Crippen LogP contribution >= 0.6 is 12.4 Å². The number of rotatable bonds is 13. The fraction of sp³-hybridized carbons (Fsp3) is 0.684. The molecule has 122 valence electrons. The van der Waals surface area contributed by atoms with Crippen LogP contribution in [0.15, 0.2) is 30.3 Å². The van der Waals surface area contributed by atoms with Gasteiger partial charge in [0.05, 0.1) is 0 Å². The molecule has 1 aromatic carbocycles. The summed E-state index contributed by atoms with van der Waals surface area (Å²) >= 11 is 0. The zero-order chi connectivity index (χ0) is 14.3. The van der Waals surface area contributed by atoms with Crippen molar-refractivity contribution in [3.8, 4) is 0 Å². The predicted octanol–water partition coefficient (Wildman–Crippen LogP) is 5.77. The summed E-state index contributed by atoms with van der Waals surface area (Å²) in [5.41, 5.74) is 1.49. The smallest absolute Gasteiger partial charge is 0.00519 e. The number of nitrogens with one attached hydrogen (secondary N) is 1. The van der Waals surface area contributed by atoms with Crippen molar-refractivity contribution in [2.45, 2.75) is 70.6 Å². The van der Waals surface area contributed by atoms with Crippen LogP contribution in [-0.2, 0) is 6.42 Å². The van der Waals surface area contributed by atoms with Crippen LogP contribution in [0, 0.1) is 0 Å². The molecule has 0 aliphatic carbocycles. The Balaban J connectivity index is 0.00000400. The van der Waals surface area contributed by atoms with E-state index in [1.165, 1.54) is 82.7 Å². The zero-order valence-electron chi connectivity index (χ0n) is 13.8. The van der Waals surface area contributed by atoms with E-state index in [0.717, 1.165) is 0 Å². The number of unbranched alkanes of at least 4 members (excludes halogenated alkanes) is 9. The molecule has 1 rings (SSSR count). The van der Waals surface area contributed by atoms with Crippen LogP contribution in [0.4, 0.5) is 0 Å². The summed E-state index contributed by atoms with van der Waals surface area (Å²) in [6.07, 6.45) is 15.4. The van der Waals surface area contributed by atoms with Gasteiger partial charge in [-0.2, -0.15) is 0 Å². The Hall–Kier alpha value is -0.530. The van der Waals surface area contributed by atoms with Gasteiger partial charge in [-0.15, -0.1) is 12.4 Å². The minimum absolute atomic E-state index is 0.